The van der Waals surface area contributed by atoms with Gasteiger partial charge in [-0.1, -0.05) is 41.9 Å². The lowest BCUT2D eigenvalue weighted by Crippen LogP contribution is -2.44. The summed E-state index contributed by atoms with van der Waals surface area (Å²) in [6.07, 6.45) is 1.20. The topological polar surface area (TPSA) is 64.6 Å². The highest BCUT2D eigenvalue weighted by atomic mass is 35.5. The zero-order chi connectivity index (χ0) is 18.6. The molecular formula is C20H20ClNO4. The van der Waals surface area contributed by atoms with Crippen molar-refractivity contribution >= 4 is 29.2 Å². The fourth-order valence-corrected chi connectivity index (χ4v) is 3.44. The van der Waals surface area contributed by atoms with Crippen LogP contribution in [-0.2, 0) is 19.7 Å². The third-order valence-electron chi connectivity index (χ3n) is 4.74. The maximum absolute atomic E-state index is 13.2. The van der Waals surface area contributed by atoms with Crippen LogP contribution in [0.25, 0.3) is 0 Å². The van der Waals surface area contributed by atoms with Gasteiger partial charge in [-0.15, -0.1) is 0 Å². The Balaban J connectivity index is 1.91. The first-order valence-electron chi connectivity index (χ1n) is 8.39. The highest BCUT2D eigenvalue weighted by Gasteiger charge is 2.41. The second-order valence-corrected chi connectivity index (χ2v) is 6.61. The maximum atomic E-state index is 13.2. The van der Waals surface area contributed by atoms with E-state index in [4.69, 9.17) is 21.1 Å². The van der Waals surface area contributed by atoms with Crippen molar-refractivity contribution in [3.63, 3.8) is 0 Å². The molecule has 0 spiro atoms. The van der Waals surface area contributed by atoms with Crippen LogP contribution < -0.4 is 5.32 Å². The Morgan fingerprint density at radius 2 is 1.81 bits per heavy atom. The average Bonchev–Trinajstić information content (AvgIpc) is 2.70. The predicted molar refractivity (Wildman–Crippen MR) is 99.6 cm³/mol. The fourth-order valence-electron chi connectivity index (χ4n) is 3.24. The van der Waals surface area contributed by atoms with Gasteiger partial charge in [-0.05, 0) is 36.6 Å². The Morgan fingerprint density at radius 3 is 2.46 bits per heavy atom. The van der Waals surface area contributed by atoms with Crippen LogP contribution in [0.3, 0.4) is 0 Å². The van der Waals surface area contributed by atoms with E-state index in [0.29, 0.717) is 31.7 Å². The third kappa shape index (κ3) is 3.59. The summed E-state index contributed by atoms with van der Waals surface area (Å²) in [4.78, 5) is 25.0. The van der Waals surface area contributed by atoms with Gasteiger partial charge in [0.25, 0.3) is 0 Å². The molecule has 1 amide bonds. The van der Waals surface area contributed by atoms with Gasteiger partial charge in [0.15, 0.2) is 0 Å². The zero-order valence-electron chi connectivity index (χ0n) is 14.5. The summed E-state index contributed by atoms with van der Waals surface area (Å²) in [6.45, 7) is 1.05. The van der Waals surface area contributed by atoms with Crippen molar-refractivity contribution in [3.05, 3.63) is 64.7 Å². The smallest absolute Gasteiger partial charge is 0.339 e. The van der Waals surface area contributed by atoms with Crippen LogP contribution in [0.15, 0.2) is 48.5 Å². The van der Waals surface area contributed by atoms with E-state index in [1.807, 2.05) is 30.3 Å². The third-order valence-corrected chi connectivity index (χ3v) is 5.07. The standard InChI is InChI=1S/C20H20ClNO4/c1-25-18(23)16-13-15(7-8-17(16)21)22-19(24)20(9-11-26-12-10-20)14-5-3-2-4-6-14/h2-8,13H,9-12H2,1H3,(H,22,24). The summed E-state index contributed by atoms with van der Waals surface area (Å²) in [5.74, 6) is -0.667. The molecule has 2 aromatic rings. The van der Waals surface area contributed by atoms with Crippen LogP contribution >= 0.6 is 11.6 Å². The van der Waals surface area contributed by atoms with Crippen LogP contribution in [0, 0.1) is 0 Å². The number of amides is 1. The van der Waals surface area contributed by atoms with Gasteiger partial charge in [0.05, 0.1) is 23.1 Å². The quantitative estimate of drug-likeness (QED) is 0.827. The molecule has 5 nitrogen and oxygen atoms in total. The normalized spacial score (nSPS) is 15.9. The van der Waals surface area contributed by atoms with Crippen LogP contribution in [-0.4, -0.2) is 32.2 Å². The monoisotopic (exact) mass is 373 g/mol. The maximum Gasteiger partial charge on any atom is 0.339 e. The highest BCUT2D eigenvalue weighted by molar-refractivity contribution is 6.33. The summed E-state index contributed by atoms with van der Waals surface area (Å²) in [5.41, 5.74) is 1.02. The summed E-state index contributed by atoms with van der Waals surface area (Å²) >= 11 is 6.05. The molecule has 1 aliphatic rings. The van der Waals surface area contributed by atoms with Gasteiger partial charge in [0.1, 0.15) is 0 Å². The number of benzene rings is 2. The largest absolute Gasteiger partial charge is 0.465 e. The van der Waals surface area contributed by atoms with Gasteiger partial charge in [-0.3, -0.25) is 4.79 Å². The van der Waals surface area contributed by atoms with Gasteiger partial charge in [-0.2, -0.15) is 0 Å². The average molecular weight is 374 g/mol. The molecule has 0 bridgehead atoms. The number of nitrogens with one attached hydrogen (secondary N) is 1. The number of carbonyl (C=O) groups excluding carboxylic acids is 2. The Labute approximate surface area is 157 Å². The van der Waals surface area contributed by atoms with Crippen molar-refractivity contribution in [3.8, 4) is 0 Å². The summed E-state index contributed by atoms with van der Waals surface area (Å²) in [6, 6.07) is 14.5. The Hall–Kier alpha value is -2.37. The van der Waals surface area contributed by atoms with Gasteiger partial charge < -0.3 is 14.8 Å². The number of anilines is 1. The molecule has 0 saturated carbocycles. The van der Waals surface area contributed by atoms with Crippen LogP contribution in [0.4, 0.5) is 5.69 Å². The molecule has 1 fully saturated rings. The van der Waals surface area contributed by atoms with E-state index < -0.39 is 11.4 Å². The molecule has 6 heteroatoms. The van der Waals surface area contributed by atoms with E-state index in [2.05, 4.69) is 5.32 Å². The number of carbonyl (C=O) groups is 2. The van der Waals surface area contributed by atoms with E-state index in [1.54, 1.807) is 12.1 Å². The number of hydrogen-bond donors (Lipinski definition) is 1. The molecule has 1 N–H and O–H groups in total. The van der Waals surface area contributed by atoms with Crippen molar-refractivity contribution in [2.75, 3.05) is 25.6 Å². The molecule has 0 radical (unpaired) electrons. The van der Waals surface area contributed by atoms with Crippen LogP contribution in [0.5, 0.6) is 0 Å². The Kier molecular flexibility index (Phi) is 5.59. The molecule has 0 aromatic heterocycles. The zero-order valence-corrected chi connectivity index (χ0v) is 15.2. The van der Waals surface area contributed by atoms with E-state index in [9.17, 15) is 9.59 Å². The Morgan fingerprint density at radius 1 is 1.12 bits per heavy atom. The number of hydrogen-bond acceptors (Lipinski definition) is 4. The lowest BCUT2D eigenvalue weighted by molar-refractivity contribution is -0.125. The Bertz CT molecular complexity index is 801. The van der Waals surface area contributed by atoms with Crippen molar-refractivity contribution in [1.82, 2.24) is 0 Å². The molecular weight excluding hydrogens is 354 g/mol. The number of methoxy groups -OCH3 is 1. The first-order chi connectivity index (χ1) is 12.6. The van der Waals surface area contributed by atoms with Gasteiger partial charge in [-0.25, -0.2) is 4.79 Å². The van der Waals surface area contributed by atoms with E-state index in [1.165, 1.54) is 13.2 Å². The SMILES string of the molecule is COC(=O)c1cc(NC(=O)C2(c3ccccc3)CCOCC2)ccc1Cl. The molecule has 0 atom stereocenters. The molecule has 2 aromatic carbocycles. The molecule has 1 heterocycles. The second kappa shape index (κ2) is 7.89. The number of rotatable bonds is 4. The van der Waals surface area contributed by atoms with E-state index >= 15 is 0 Å². The molecule has 0 aliphatic carbocycles. The second-order valence-electron chi connectivity index (χ2n) is 6.20. The first-order valence-corrected chi connectivity index (χ1v) is 8.77. The van der Waals surface area contributed by atoms with Crippen molar-refractivity contribution in [1.29, 1.82) is 0 Å². The van der Waals surface area contributed by atoms with Crippen molar-refractivity contribution < 1.29 is 19.1 Å². The fraction of sp³-hybridized carbons (Fsp3) is 0.300. The summed E-state index contributed by atoms with van der Waals surface area (Å²) in [7, 11) is 1.29. The minimum Gasteiger partial charge on any atom is -0.465 e. The van der Waals surface area contributed by atoms with E-state index in [0.717, 1.165) is 5.56 Å². The number of ether oxygens (including phenoxy) is 2. The molecule has 1 aliphatic heterocycles. The van der Waals surface area contributed by atoms with Gasteiger partial charge in [0.2, 0.25) is 5.91 Å². The lowest BCUT2D eigenvalue weighted by atomic mass is 9.73. The minimum absolute atomic E-state index is 0.120. The lowest BCUT2D eigenvalue weighted by Gasteiger charge is -2.36. The minimum atomic E-state index is -0.662. The number of halogens is 1. The van der Waals surface area contributed by atoms with Crippen molar-refractivity contribution in [2.24, 2.45) is 0 Å². The molecule has 26 heavy (non-hydrogen) atoms. The van der Waals surface area contributed by atoms with E-state index in [-0.39, 0.29) is 16.5 Å². The van der Waals surface area contributed by atoms with Gasteiger partial charge in [0, 0.05) is 18.9 Å². The number of esters is 1. The predicted octanol–water partition coefficient (Wildman–Crippen LogP) is 3.81. The molecule has 3 rings (SSSR count). The highest BCUT2D eigenvalue weighted by Crippen LogP contribution is 2.36. The van der Waals surface area contributed by atoms with Gasteiger partial charge >= 0.3 is 5.97 Å². The van der Waals surface area contributed by atoms with Crippen LogP contribution in [0.2, 0.25) is 5.02 Å². The molecule has 136 valence electrons. The van der Waals surface area contributed by atoms with Crippen molar-refractivity contribution in [2.45, 2.75) is 18.3 Å². The molecule has 0 unspecified atom stereocenters. The molecule has 1 saturated heterocycles. The summed E-state index contributed by atoms with van der Waals surface area (Å²) in [5, 5.41) is 3.21. The van der Waals surface area contributed by atoms with Crippen LogP contribution in [0.1, 0.15) is 28.8 Å². The summed E-state index contributed by atoms with van der Waals surface area (Å²) < 4.78 is 10.2. The first kappa shape index (κ1) is 18.4.